The number of aryl methyl sites for hydroxylation is 1. The van der Waals surface area contributed by atoms with Crippen molar-refractivity contribution in [1.82, 2.24) is 24.8 Å². The van der Waals surface area contributed by atoms with Crippen LogP contribution in [0.1, 0.15) is 29.4 Å². The number of hydrogen-bond acceptors (Lipinski definition) is 6. The van der Waals surface area contributed by atoms with Gasteiger partial charge in [0.25, 0.3) is 17.0 Å². The van der Waals surface area contributed by atoms with Crippen LogP contribution in [-0.4, -0.2) is 44.6 Å². The molecule has 1 amide bonds. The molecule has 1 atom stereocenters. The minimum Gasteiger partial charge on any atom is -0.347 e. The first-order chi connectivity index (χ1) is 14.4. The van der Waals surface area contributed by atoms with E-state index in [9.17, 15) is 19.2 Å². The summed E-state index contributed by atoms with van der Waals surface area (Å²) < 4.78 is 1.11. The number of carbonyl (C=O) groups excluding carboxylic acids is 1. The van der Waals surface area contributed by atoms with Gasteiger partial charge in [-0.05, 0) is 38.5 Å². The average molecular weight is 410 g/mol. The molecule has 0 radical (unpaired) electrons. The van der Waals surface area contributed by atoms with Crippen molar-refractivity contribution in [2.75, 3.05) is 18.0 Å². The number of nitrogens with one attached hydrogen (secondary N) is 3. The fourth-order valence-corrected chi connectivity index (χ4v) is 3.74. The van der Waals surface area contributed by atoms with Gasteiger partial charge in [-0.1, -0.05) is 0 Å². The fourth-order valence-electron chi connectivity index (χ4n) is 3.74. The van der Waals surface area contributed by atoms with E-state index in [1.807, 2.05) is 4.90 Å². The summed E-state index contributed by atoms with van der Waals surface area (Å²) in [5.74, 6) is 0.196. The fraction of sp³-hybridized carbons (Fsp3) is 0.350. The van der Waals surface area contributed by atoms with Crippen LogP contribution in [0.15, 0.2) is 38.6 Å². The number of carbonyl (C=O) groups is 1. The summed E-state index contributed by atoms with van der Waals surface area (Å²) in [5, 5.41) is 3.32. The third-order valence-corrected chi connectivity index (χ3v) is 5.24. The first-order valence-corrected chi connectivity index (χ1v) is 9.76. The van der Waals surface area contributed by atoms with Crippen LogP contribution in [0.2, 0.25) is 0 Å². The molecule has 10 heteroatoms. The smallest absolute Gasteiger partial charge is 0.328 e. The Morgan fingerprint density at radius 2 is 2.03 bits per heavy atom. The Labute approximate surface area is 170 Å². The maximum atomic E-state index is 12.7. The van der Waals surface area contributed by atoms with E-state index in [4.69, 9.17) is 0 Å². The molecule has 4 rings (SSSR count). The molecule has 0 spiro atoms. The van der Waals surface area contributed by atoms with Crippen LogP contribution >= 0.6 is 0 Å². The van der Waals surface area contributed by atoms with E-state index in [-0.39, 0.29) is 29.6 Å². The molecule has 3 heterocycles. The highest BCUT2D eigenvalue weighted by molar-refractivity contribution is 5.97. The van der Waals surface area contributed by atoms with E-state index in [0.29, 0.717) is 47.6 Å². The Morgan fingerprint density at radius 1 is 1.23 bits per heavy atom. The highest BCUT2D eigenvalue weighted by Gasteiger charge is 2.26. The molecule has 156 valence electrons. The SMILES string of the molecule is CCn1c(=O)[nH]c2cc(C(=O)NC3CCN(c4nc(C)cc(=O)[nH]4)C3)ccc2c1=O. The Hall–Kier alpha value is -3.69. The lowest BCUT2D eigenvalue weighted by molar-refractivity contribution is 0.0940. The van der Waals surface area contributed by atoms with Crippen molar-refractivity contribution in [2.24, 2.45) is 0 Å². The third-order valence-electron chi connectivity index (χ3n) is 5.24. The van der Waals surface area contributed by atoms with Crippen molar-refractivity contribution in [1.29, 1.82) is 0 Å². The zero-order valence-electron chi connectivity index (χ0n) is 16.7. The maximum absolute atomic E-state index is 12.7. The van der Waals surface area contributed by atoms with Gasteiger partial charge in [-0.25, -0.2) is 9.78 Å². The topological polar surface area (TPSA) is 133 Å². The number of aromatic nitrogens is 4. The molecule has 0 bridgehead atoms. The maximum Gasteiger partial charge on any atom is 0.328 e. The monoisotopic (exact) mass is 410 g/mol. The molecule has 1 saturated heterocycles. The number of H-pyrrole nitrogens is 2. The number of fused-ring (bicyclic) bond motifs is 1. The Bertz CT molecular complexity index is 1310. The highest BCUT2D eigenvalue weighted by atomic mass is 16.2. The molecule has 1 fully saturated rings. The number of aromatic amines is 2. The second-order valence-corrected chi connectivity index (χ2v) is 7.36. The zero-order valence-corrected chi connectivity index (χ0v) is 16.7. The van der Waals surface area contributed by atoms with Crippen molar-refractivity contribution in [2.45, 2.75) is 32.9 Å². The summed E-state index contributed by atoms with van der Waals surface area (Å²) in [7, 11) is 0. The van der Waals surface area contributed by atoms with Gasteiger partial charge in [-0.3, -0.25) is 23.9 Å². The average Bonchev–Trinajstić information content (AvgIpc) is 3.15. The minimum atomic E-state index is -0.501. The van der Waals surface area contributed by atoms with Gasteiger partial charge in [-0.2, -0.15) is 0 Å². The molecule has 3 aromatic rings. The standard InChI is InChI=1S/C20H22N6O4/c1-3-26-18(29)14-5-4-12(9-15(14)23-20(26)30)17(28)22-13-6-7-25(10-13)19-21-11(2)8-16(27)24-19/h4-5,8-9,13H,3,6-7,10H2,1-2H3,(H,22,28)(H,23,30)(H,21,24,27). The predicted molar refractivity (Wildman–Crippen MR) is 112 cm³/mol. The quantitative estimate of drug-likeness (QED) is 0.559. The summed E-state index contributed by atoms with van der Waals surface area (Å²) in [5.41, 5.74) is 0.225. The molecular formula is C20H22N6O4. The lowest BCUT2D eigenvalue weighted by Gasteiger charge is -2.17. The third kappa shape index (κ3) is 3.63. The van der Waals surface area contributed by atoms with Crippen molar-refractivity contribution in [3.05, 3.63) is 66.7 Å². The molecule has 30 heavy (non-hydrogen) atoms. The first kappa shape index (κ1) is 19.6. The van der Waals surface area contributed by atoms with Crippen LogP contribution in [0.3, 0.4) is 0 Å². The van der Waals surface area contributed by atoms with E-state index in [0.717, 1.165) is 4.57 Å². The van der Waals surface area contributed by atoms with E-state index in [1.165, 1.54) is 12.1 Å². The highest BCUT2D eigenvalue weighted by Crippen LogP contribution is 2.16. The van der Waals surface area contributed by atoms with Gasteiger partial charge in [0.2, 0.25) is 5.95 Å². The molecule has 1 unspecified atom stereocenters. The van der Waals surface area contributed by atoms with Crippen molar-refractivity contribution in [3.8, 4) is 0 Å². The van der Waals surface area contributed by atoms with E-state index >= 15 is 0 Å². The lowest BCUT2D eigenvalue weighted by atomic mass is 10.1. The van der Waals surface area contributed by atoms with E-state index < -0.39 is 5.69 Å². The number of anilines is 1. The van der Waals surface area contributed by atoms with Crippen LogP contribution < -0.4 is 27.0 Å². The molecule has 3 N–H and O–H groups in total. The number of hydrogen-bond donors (Lipinski definition) is 3. The first-order valence-electron chi connectivity index (χ1n) is 9.76. The second-order valence-electron chi connectivity index (χ2n) is 7.36. The molecule has 0 aliphatic carbocycles. The number of rotatable bonds is 4. The Balaban J connectivity index is 1.51. The van der Waals surface area contributed by atoms with Crippen LogP contribution in [0.4, 0.5) is 5.95 Å². The summed E-state index contributed by atoms with van der Waals surface area (Å²) in [6.07, 6.45) is 0.703. The van der Waals surface area contributed by atoms with Crippen LogP contribution in [-0.2, 0) is 6.54 Å². The Kier molecular flexibility index (Phi) is 4.98. The number of benzene rings is 1. The van der Waals surface area contributed by atoms with Crippen molar-refractivity contribution < 1.29 is 4.79 Å². The van der Waals surface area contributed by atoms with Crippen molar-refractivity contribution in [3.63, 3.8) is 0 Å². The van der Waals surface area contributed by atoms with Crippen LogP contribution in [0.25, 0.3) is 10.9 Å². The summed E-state index contributed by atoms with van der Waals surface area (Å²) >= 11 is 0. The van der Waals surface area contributed by atoms with Gasteiger partial charge in [0.05, 0.1) is 10.9 Å². The largest absolute Gasteiger partial charge is 0.347 e. The number of nitrogens with zero attached hydrogens (tertiary/aromatic N) is 3. The normalized spacial score (nSPS) is 16.2. The van der Waals surface area contributed by atoms with Crippen LogP contribution in [0, 0.1) is 6.92 Å². The number of amides is 1. The minimum absolute atomic E-state index is 0.119. The summed E-state index contributed by atoms with van der Waals surface area (Å²) in [6, 6.07) is 5.95. The molecule has 2 aromatic heterocycles. The second kappa shape index (κ2) is 7.62. The molecular weight excluding hydrogens is 388 g/mol. The summed E-state index contributed by atoms with van der Waals surface area (Å²) in [6.45, 7) is 4.92. The molecule has 10 nitrogen and oxygen atoms in total. The molecule has 1 aromatic carbocycles. The van der Waals surface area contributed by atoms with Crippen LogP contribution in [0.5, 0.6) is 0 Å². The Morgan fingerprint density at radius 3 is 2.77 bits per heavy atom. The molecule has 1 aliphatic rings. The molecule has 0 saturated carbocycles. The van der Waals surface area contributed by atoms with Gasteiger partial charge in [0.15, 0.2) is 0 Å². The van der Waals surface area contributed by atoms with Crippen molar-refractivity contribution >= 4 is 22.8 Å². The van der Waals surface area contributed by atoms with Gasteiger partial charge in [0, 0.05) is 43.0 Å². The van der Waals surface area contributed by atoms with Gasteiger partial charge >= 0.3 is 5.69 Å². The van der Waals surface area contributed by atoms with E-state index in [2.05, 4.69) is 20.3 Å². The molecule has 1 aliphatic heterocycles. The lowest BCUT2D eigenvalue weighted by Crippen LogP contribution is -2.38. The zero-order chi connectivity index (χ0) is 21.4. The van der Waals surface area contributed by atoms with Gasteiger partial charge in [-0.15, -0.1) is 0 Å². The van der Waals surface area contributed by atoms with E-state index in [1.54, 1.807) is 26.0 Å². The van der Waals surface area contributed by atoms with Gasteiger partial charge < -0.3 is 15.2 Å². The predicted octanol–water partition coefficient (Wildman–Crippen LogP) is 0.110. The van der Waals surface area contributed by atoms with Gasteiger partial charge in [0.1, 0.15) is 0 Å². The summed E-state index contributed by atoms with van der Waals surface area (Å²) in [4.78, 5) is 60.4.